The molecule has 0 bridgehead atoms. The van der Waals surface area contributed by atoms with E-state index in [2.05, 4.69) is 6.07 Å². The van der Waals surface area contributed by atoms with Gasteiger partial charge in [-0.1, -0.05) is 12.1 Å². The SMILES string of the molecule is CC(C)(C)OC(=O)n1ccc2c(C3(N)CC3)cccc21. The number of aromatic nitrogens is 1. The lowest BCUT2D eigenvalue weighted by atomic mass is 10.0. The van der Waals surface area contributed by atoms with Crippen LogP contribution in [0.3, 0.4) is 0 Å². The molecule has 1 aromatic heterocycles. The number of carbonyl (C=O) groups excluding carboxylic acids is 1. The summed E-state index contributed by atoms with van der Waals surface area (Å²) >= 11 is 0. The van der Waals surface area contributed by atoms with Crippen LogP contribution in [0.5, 0.6) is 0 Å². The van der Waals surface area contributed by atoms with Gasteiger partial charge in [-0.05, 0) is 51.3 Å². The molecule has 20 heavy (non-hydrogen) atoms. The highest BCUT2D eigenvalue weighted by molar-refractivity contribution is 5.92. The van der Waals surface area contributed by atoms with E-state index >= 15 is 0 Å². The Morgan fingerprint density at radius 3 is 2.60 bits per heavy atom. The maximum absolute atomic E-state index is 12.2. The number of fused-ring (bicyclic) bond motifs is 1. The number of ether oxygens (including phenoxy) is 1. The quantitative estimate of drug-likeness (QED) is 0.865. The molecule has 0 aliphatic heterocycles. The van der Waals surface area contributed by atoms with E-state index in [4.69, 9.17) is 10.5 Å². The number of rotatable bonds is 1. The van der Waals surface area contributed by atoms with E-state index in [0.29, 0.717) is 0 Å². The fourth-order valence-electron chi connectivity index (χ4n) is 2.48. The summed E-state index contributed by atoms with van der Waals surface area (Å²) in [6.45, 7) is 5.59. The molecule has 0 radical (unpaired) electrons. The van der Waals surface area contributed by atoms with Gasteiger partial charge < -0.3 is 10.5 Å². The molecular weight excluding hydrogens is 252 g/mol. The fraction of sp³-hybridized carbons (Fsp3) is 0.438. The Kier molecular flexibility index (Phi) is 2.70. The lowest BCUT2D eigenvalue weighted by Gasteiger charge is -2.20. The Balaban J connectivity index is 2.04. The predicted molar refractivity (Wildman–Crippen MR) is 78.7 cm³/mol. The van der Waals surface area contributed by atoms with Crippen molar-refractivity contribution >= 4 is 17.0 Å². The summed E-state index contributed by atoms with van der Waals surface area (Å²) in [4.78, 5) is 12.2. The minimum absolute atomic E-state index is 0.209. The van der Waals surface area contributed by atoms with Crippen LogP contribution in [0.15, 0.2) is 30.5 Å². The topological polar surface area (TPSA) is 57.2 Å². The van der Waals surface area contributed by atoms with Crippen molar-refractivity contribution in [1.82, 2.24) is 4.57 Å². The molecule has 1 saturated carbocycles. The van der Waals surface area contributed by atoms with E-state index in [-0.39, 0.29) is 11.6 Å². The molecule has 1 heterocycles. The monoisotopic (exact) mass is 272 g/mol. The second kappa shape index (κ2) is 4.09. The Hall–Kier alpha value is -1.81. The first-order valence-electron chi connectivity index (χ1n) is 6.93. The first kappa shape index (κ1) is 13.2. The minimum atomic E-state index is -0.503. The van der Waals surface area contributed by atoms with Crippen molar-refractivity contribution in [3.8, 4) is 0 Å². The van der Waals surface area contributed by atoms with Crippen LogP contribution in [0.1, 0.15) is 39.2 Å². The Morgan fingerprint density at radius 2 is 2.00 bits per heavy atom. The lowest BCUT2D eigenvalue weighted by molar-refractivity contribution is 0.0544. The Bertz CT molecular complexity index is 675. The highest BCUT2D eigenvalue weighted by Crippen LogP contribution is 2.45. The molecule has 1 aliphatic rings. The van der Waals surface area contributed by atoms with Crippen LogP contribution in [0.2, 0.25) is 0 Å². The van der Waals surface area contributed by atoms with Crippen LogP contribution in [-0.4, -0.2) is 16.3 Å². The van der Waals surface area contributed by atoms with E-state index in [1.54, 1.807) is 10.8 Å². The molecule has 4 nitrogen and oxygen atoms in total. The highest BCUT2D eigenvalue weighted by atomic mass is 16.6. The largest absolute Gasteiger partial charge is 0.443 e. The van der Waals surface area contributed by atoms with E-state index in [1.165, 1.54) is 0 Å². The molecule has 2 N–H and O–H groups in total. The van der Waals surface area contributed by atoms with Crippen molar-refractivity contribution in [3.05, 3.63) is 36.0 Å². The Morgan fingerprint density at radius 1 is 1.30 bits per heavy atom. The van der Waals surface area contributed by atoms with Crippen LogP contribution >= 0.6 is 0 Å². The van der Waals surface area contributed by atoms with Crippen molar-refractivity contribution in [3.63, 3.8) is 0 Å². The van der Waals surface area contributed by atoms with Gasteiger partial charge in [-0.3, -0.25) is 4.57 Å². The molecule has 106 valence electrons. The van der Waals surface area contributed by atoms with Crippen molar-refractivity contribution in [2.24, 2.45) is 5.73 Å². The van der Waals surface area contributed by atoms with E-state index < -0.39 is 5.60 Å². The smallest absolute Gasteiger partial charge is 0.418 e. The van der Waals surface area contributed by atoms with Crippen molar-refractivity contribution < 1.29 is 9.53 Å². The maximum Gasteiger partial charge on any atom is 0.418 e. The number of hydrogen-bond acceptors (Lipinski definition) is 3. The maximum atomic E-state index is 12.2. The number of nitrogens with zero attached hydrogens (tertiary/aromatic N) is 1. The number of carbonyl (C=O) groups is 1. The number of benzene rings is 1. The first-order valence-corrected chi connectivity index (χ1v) is 6.93. The molecule has 0 amide bonds. The van der Waals surface area contributed by atoms with E-state index in [1.807, 2.05) is 39.0 Å². The summed E-state index contributed by atoms with van der Waals surface area (Å²) in [6.07, 6.45) is 3.41. The second-order valence-corrected chi connectivity index (χ2v) is 6.56. The predicted octanol–water partition coefficient (Wildman–Crippen LogP) is 3.37. The van der Waals surface area contributed by atoms with Crippen LogP contribution < -0.4 is 5.73 Å². The molecule has 2 aromatic rings. The van der Waals surface area contributed by atoms with Crippen molar-refractivity contribution in [1.29, 1.82) is 0 Å². The van der Waals surface area contributed by atoms with Gasteiger partial charge in [0.05, 0.1) is 5.52 Å². The van der Waals surface area contributed by atoms with Gasteiger partial charge >= 0.3 is 6.09 Å². The zero-order chi connectivity index (χ0) is 14.5. The Labute approximate surface area is 118 Å². The summed E-state index contributed by atoms with van der Waals surface area (Å²) in [5.41, 5.74) is 7.56. The zero-order valence-corrected chi connectivity index (χ0v) is 12.1. The number of hydrogen-bond donors (Lipinski definition) is 1. The van der Waals surface area contributed by atoms with Gasteiger partial charge in [-0.15, -0.1) is 0 Å². The molecule has 0 unspecified atom stereocenters. The zero-order valence-electron chi connectivity index (χ0n) is 12.1. The van der Waals surface area contributed by atoms with Gasteiger partial charge in [0.2, 0.25) is 0 Å². The second-order valence-electron chi connectivity index (χ2n) is 6.56. The van der Waals surface area contributed by atoms with Gasteiger partial charge in [-0.25, -0.2) is 4.79 Å². The summed E-state index contributed by atoms with van der Waals surface area (Å²) in [6, 6.07) is 7.87. The third-order valence-corrected chi connectivity index (χ3v) is 3.65. The summed E-state index contributed by atoms with van der Waals surface area (Å²) in [5, 5.41) is 1.04. The van der Waals surface area contributed by atoms with Crippen molar-refractivity contribution in [2.75, 3.05) is 0 Å². The molecule has 0 saturated heterocycles. The van der Waals surface area contributed by atoms with Gasteiger partial charge in [-0.2, -0.15) is 0 Å². The average molecular weight is 272 g/mol. The van der Waals surface area contributed by atoms with Crippen LogP contribution in [0.4, 0.5) is 4.79 Å². The minimum Gasteiger partial charge on any atom is -0.443 e. The summed E-state index contributed by atoms with van der Waals surface area (Å²) in [5.74, 6) is 0. The van der Waals surface area contributed by atoms with E-state index in [0.717, 1.165) is 29.3 Å². The highest BCUT2D eigenvalue weighted by Gasteiger charge is 2.41. The molecular formula is C16H20N2O2. The van der Waals surface area contributed by atoms with Gasteiger partial charge in [0.25, 0.3) is 0 Å². The summed E-state index contributed by atoms with van der Waals surface area (Å²) < 4.78 is 6.98. The lowest BCUT2D eigenvalue weighted by Crippen LogP contribution is -2.26. The van der Waals surface area contributed by atoms with Crippen LogP contribution in [0, 0.1) is 0 Å². The molecule has 1 fully saturated rings. The number of nitrogens with two attached hydrogens (primary N) is 1. The summed E-state index contributed by atoms with van der Waals surface area (Å²) in [7, 11) is 0. The average Bonchev–Trinajstić information content (AvgIpc) is 2.94. The third-order valence-electron chi connectivity index (χ3n) is 3.65. The van der Waals surface area contributed by atoms with Gasteiger partial charge in [0.1, 0.15) is 5.60 Å². The van der Waals surface area contributed by atoms with Crippen LogP contribution in [0.25, 0.3) is 10.9 Å². The van der Waals surface area contributed by atoms with Gasteiger partial charge in [0.15, 0.2) is 0 Å². The standard InChI is InChI=1S/C16H20N2O2/c1-15(2,3)20-14(19)18-10-7-11-12(16(17)8-9-16)5-4-6-13(11)18/h4-7,10H,8-9,17H2,1-3H3. The normalized spacial score (nSPS) is 17.2. The molecule has 0 spiro atoms. The van der Waals surface area contributed by atoms with Crippen LogP contribution in [-0.2, 0) is 10.3 Å². The molecule has 0 atom stereocenters. The first-order chi connectivity index (χ1) is 9.30. The van der Waals surface area contributed by atoms with E-state index in [9.17, 15) is 4.79 Å². The third kappa shape index (κ3) is 2.20. The van der Waals surface area contributed by atoms with Gasteiger partial charge in [0, 0.05) is 17.1 Å². The molecule has 3 rings (SSSR count). The molecule has 1 aromatic carbocycles. The molecule has 4 heteroatoms. The fourth-order valence-corrected chi connectivity index (χ4v) is 2.48. The molecule has 1 aliphatic carbocycles. The van der Waals surface area contributed by atoms with Crippen molar-refractivity contribution in [2.45, 2.75) is 44.8 Å².